The summed E-state index contributed by atoms with van der Waals surface area (Å²) in [6.07, 6.45) is 5.61. The molecule has 2 amide bonds. The lowest BCUT2D eigenvalue weighted by atomic mass is 9.79. The van der Waals surface area contributed by atoms with Crippen LogP contribution in [0.2, 0.25) is 5.02 Å². The Kier molecular flexibility index (Phi) is 8.05. The second-order valence-electron chi connectivity index (χ2n) is 9.11. The molecule has 33 heavy (non-hydrogen) atoms. The molecule has 2 atom stereocenters. The van der Waals surface area contributed by atoms with E-state index in [0.29, 0.717) is 23.7 Å². The molecule has 0 unspecified atom stereocenters. The summed E-state index contributed by atoms with van der Waals surface area (Å²) in [5.41, 5.74) is 2.33. The molecule has 1 N–H and O–H groups in total. The number of unbranched alkanes of at least 4 members (excludes halogenated alkanes) is 1. The minimum atomic E-state index is -0.476. The summed E-state index contributed by atoms with van der Waals surface area (Å²) in [7, 11) is 0. The van der Waals surface area contributed by atoms with Gasteiger partial charge in [0.05, 0.1) is 12.0 Å². The van der Waals surface area contributed by atoms with Crippen molar-refractivity contribution in [3.05, 3.63) is 70.2 Å². The van der Waals surface area contributed by atoms with Crippen molar-refractivity contribution in [3.8, 4) is 0 Å². The summed E-state index contributed by atoms with van der Waals surface area (Å²) in [6, 6.07) is 14.8. The molecule has 2 aromatic rings. The van der Waals surface area contributed by atoms with Crippen molar-refractivity contribution in [1.82, 2.24) is 15.1 Å². The summed E-state index contributed by atoms with van der Waals surface area (Å²) in [5, 5.41) is 3.80. The summed E-state index contributed by atoms with van der Waals surface area (Å²) in [5.74, 6) is -0.518. The highest BCUT2D eigenvalue weighted by atomic mass is 35.5. The van der Waals surface area contributed by atoms with Crippen LogP contribution in [0.25, 0.3) is 0 Å². The predicted molar refractivity (Wildman–Crippen MR) is 133 cm³/mol. The number of rotatable bonds is 8. The lowest BCUT2D eigenvalue weighted by Crippen LogP contribution is -2.48. The van der Waals surface area contributed by atoms with Gasteiger partial charge in [0.2, 0.25) is 5.91 Å². The SMILES string of the molecule is CCCCN1C(=O)c2ccccc2[C@H](C(=O)NCCN2CCCCC2)[C@H]1c1cccc(Cl)c1. The van der Waals surface area contributed by atoms with Crippen LogP contribution in [-0.4, -0.2) is 54.3 Å². The molecule has 0 spiro atoms. The van der Waals surface area contributed by atoms with Gasteiger partial charge in [-0.2, -0.15) is 0 Å². The molecular formula is C27H34ClN3O2. The summed E-state index contributed by atoms with van der Waals surface area (Å²) < 4.78 is 0. The van der Waals surface area contributed by atoms with E-state index in [1.54, 1.807) is 0 Å². The number of likely N-dealkylation sites (tertiary alicyclic amines) is 1. The monoisotopic (exact) mass is 467 g/mol. The predicted octanol–water partition coefficient (Wildman–Crippen LogP) is 5.02. The third-order valence-corrected chi connectivity index (χ3v) is 7.07. The first-order chi connectivity index (χ1) is 16.1. The maximum atomic E-state index is 13.7. The Morgan fingerprint density at radius 2 is 1.85 bits per heavy atom. The molecule has 0 saturated carbocycles. The number of nitrogens with zero attached hydrogens (tertiary/aromatic N) is 2. The fraction of sp³-hybridized carbons (Fsp3) is 0.481. The zero-order valence-electron chi connectivity index (χ0n) is 19.4. The van der Waals surface area contributed by atoms with Crippen molar-refractivity contribution < 1.29 is 9.59 Å². The zero-order chi connectivity index (χ0) is 23.2. The molecular weight excluding hydrogens is 434 g/mol. The molecule has 5 nitrogen and oxygen atoms in total. The largest absolute Gasteiger partial charge is 0.354 e. The van der Waals surface area contributed by atoms with Crippen molar-refractivity contribution in [1.29, 1.82) is 0 Å². The molecule has 0 bridgehead atoms. The number of hydrogen-bond donors (Lipinski definition) is 1. The van der Waals surface area contributed by atoms with Gasteiger partial charge in [0.1, 0.15) is 0 Å². The van der Waals surface area contributed by atoms with Gasteiger partial charge in [0.15, 0.2) is 0 Å². The van der Waals surface area contributed by atoms with Crippen LogP contribution < -0.4 is 5.32 Å². The quantitative estimate of drug-likeness (QED) is 0.592. The molecule has 2 heterocycles. The second kappa shape index (κ2) is 11.2. The number of halogens is 1. The Morgan fingerprint density at radius 3 is 2.61 bits per heavy atom. The molecule has 0 radical (unpaired) electrons. The molecule has 4 rings (SSSR count). The van der Waals surface area contributed by atoms with E-state index in [1.165, 1.54) is 19.3 Å². The van der Waals surface area contributed by atoms with Crippen molar-refractivity contribution in [2.75, 3.05) is 32.7 Å². The van der Waals surface area contributed by atoms with Crippen LogP contribution in [0.15, 0.2) is 48.5 Å². The van der Waals surface area contributed by atoms with E-state index in [9.17, 15) is 9.59 Å². The molecule has 2 aromatic carbocycles. The number of benzene rings is 2. The average molecular weight is 468 g/mol. The molecule has 2 aliphatic heterocycles. The lowest BCUT2D eigenvalue weighted by Gasteiger charge is -2.42. The number of amides is 2. The molecule has 6 heteroatoms. The van der Waals surface area contributed by atoms with Crippen LogP contribution in [0.5, 0.6) is 0 Å². The first-order valence-electron chi connectivity index (χ1n) is 12.3. The normalized spacial score (nSPS) is 21.0. The Balaban J connectivity index is 1.65. The highest BCUT2D eigenvalue weighted by Gasteiger charge is 2.43. The summed E-state index contributed by atoms with van der Waals surface area (Å²) in [4.78, 5) is 31.5. The van der Waals surface area contributed by atoms with Gasteiger partial charge in [-0.1, -0.05) is 61.7 Å². The number of nitrogens with one attached hydrogen (secondary N) is 1. The van der Waals surface area contributed by atoms with Gasteiger partial charge in [-0.05, 0) is 61.7 Å². The lowest BCUT2D eigenvalue weighted by molar-refractivity contribution is -0.124. The average Bonchev–Trinajstić information content (AvgIpc) is 2.84. The highest BCUT2D eigenvalue weighted by molar-refractivity contribution is 6.30. The number of hydrogen-bond acceptors (Lipinski definition) is 3. The molecule has 1 saturated heterocycles. The van der Waals surface area contributed by atoms with E-state index in [-0.39, 0.29) is 17.9 Å². The Hall–Kier alpha value is -2.37. The molecule has 176 valence electrons. The van der Waals surface area contributed by atoms with Crippen molar-refractivity contribution in [2.45, 2.75) is 51.0 Å². The van der Waals surface area contributed by atoms with Crippen molar-refractivity contribution in [3.63, 3.8) is 0 Å². The van der Waals surface area contributed by atoms with Crippen LogP contribution in [-0.2, 0) is 4.79 Å². The molecule has 0 aliphatic carbocycles. The maximum Gasteiger partial charge on any atom is 0.254 e. The number of carbonyl (C=O) groups is 2. The third-order valence-electron chi connectivity index (χ3n) is 6.84. The zero-order valence-corrected chi connectivity index (χ0v) is 20.2. The number of fused-ring (bicyclic) bond motifs is 1. The van der Waals surface area contributed by atoms with E-state index >= 15 is 0 Å². The topological polar surface area (TPSA) is 52.7 Å². The highest BCUT2D eigenvalue weighted by Crippen LogP contribution is 2.43. The standard InChI is InChI=1S/C27H34ClN3O2/c1-2-3-17-31-25(20-10-9-11-21(28)19-20)24(22-12-5-6-13-23(22)27(31)33)26(32)29-14-18-30-15-7-4-8-16-30/h5-6,9-13,19,24-25H,2-4,7-8,14-18H2,1H3,(H,29,32)/t24-,25+/m0/s1. The van der Waals surface area contributed by atoms with E-state index in [1.807, 2.05) is 53.4 Å². The van der Waals surface area contributed by atoms with Crippen LogP contribution in [0.4, 0.5) is 0 Å². The van der Waals surface area contributed by atoms with Crippen molar-refractivity contribution in [2.24, 2.45) is 0 Å². The van der Waals surface area contributed by atoms with E-state index in [4.69, 9.17) is 11.6 Å². The smallest absolute Gasteiger partial charge is 0.254 e. The number of piperidine rings is 1. The fourth-order valence-electron chi connectivity index (χ4n) is 5.14. The first kappa shape index (κ1) is 23.8. The Morgan fingerprint density at radius 1 is 1.06 bits per heavy atom. The Bertz CT molecular complexity index is 973. The van der Waals surface area contributed by atoms with E-state index in [2.05, 4.69) is 17.1 Å². The summed E-state index contributed by atoms with van der Waals surface area (Å²) >= 11 is 6.34. The molecule has 1 fully saturated rings. The van der Waals surface area contributed by atoms with E-state index < -0.39 is 5.92 Å². The van der Waals surface area contributed by atoms with Crippen LogP contribution in [0, 0.1) is 0 Å². The van der Waals surface area contributed by atoms with Gasteiger partial charge < -0.3 is 15.1 Å². The minimum Gasteiger partial charge on any atom is -0.354 e. The van der Waals surface area contributed by atoms with Gasteiger partial charge in [0, 0.05) is 30.2 Å². The minimum absolute atomic E-state index is 0.0126. The van der Waals surface area contributed by atoms with Gasteiger partial charge in [-0.15, -0.1) is 0 Å². The first-order valence-corrected chi connectivity index (χ1v) is 12.6. The summed E-state index contributed by atoms with van der Waals surface area (Å²) in [6.45, 7) is 6.40. The molecule has 2 aliphatic rings. The molecule has 0 aromatic heterocycles. The van der Waals surface area contributed by atoms with Crippen LogP contribution in [0.3, 0.4) is 0 Å². The van der Waals surface area contributed by atoms with Gasteiger partial charge in [0.25, 0.3) is 5.91 Å². The van der Waals surface area contributed by atoms with Gasteiger partial charge >= 0.3 is 0 Å². The van der Waals surface area contributed by atoms with Crippen LogP contribution >= 0.6 is 11.6 Å². The fourth-order valence-corrected chi connectivity index (χ4v) is 5.34. The Labute approximate surface area is 202 Å². The second-order valence-corrected chi connectivity index (χ2v) is 9.55. The van der Waals surface area contributed by atoms with Crippen LogP contribution in [0.1, 0.15) is 72.5 Å². The van der Waals surface area contributed by atoms with Gasteiger partial charge in [-0.3, -0.25) is 9.59 Å². The number of carbonyl (C=O) groups excluding carboxylic acids is 2. The van der Waals surface area contributed by atoms with Gasteiger partial charge in [-0.25, -0.2) is 0 Å². The third kappa shape index (κ3) is 5.42. The maximum absolute atomic E-state index is 13.7. The van der Waals surface area contributed by atoms with Crippen molar-refractivity contribution >= 4 is 23.4 Å². The van der Waals surface area contributed by atoms with E-state index in [0.717, 1.165) is 43.6 Å².